The molecule has 0 bridgehead atoms. The first kappa shape index (κ1) is 23.5. The Bertz CT molecular complexity index is 993. The van der Waals surface area contributed by atoms with Crippen LogP contribution in [0, 0.1) is 21.4 Å². The number of alkyl halides is 1. The van der Waals surface area contributed by atoms with Crippen LogP contribution in [0.15, 0.2) is 46.8 Å². The molecule has 1 aliphatic heterocycles. The van der Waals surface area contributed by atoms with Gasteiger partial charge in [0.25, 0.3) is 5.69 Å². The molecule has 0 radical (unpaired) electrons. The van der Waals surface area contributed by atoms with E-state index in [1.807, 2.05) is 6.07 Å². The first-order valence-corrected chi connectivity index (χ1v) is 9.47. The quantitative estimate of drug-likeness (QED) is 0.287. The number of rotatable bonds is 8. The molecule has 10 heteroatoms. The van der Waals surface area contributed by atoms with Crippen LogP contribution in [0.1, 0.15) is 38.7 Å². The summed E-state index contributed by atoms with van der Waals surface area (Å²) in [6.45, 7) is 3.50. The van der Waals surface area contributed by atoms with Crippen LogP contribution in [0.2, 0.25) is 0 Å². The van der Waals surface area contributed by atoms with Crippen molar-refractivity contribution in [2.75, 3.05) is 13.3 Å². The maximum atomic E-state index is 13.9. The lowest BCUT2D eigenvalue weighted by Crippen LogP contribution is -2.34. The van der Waals surface area contributed by atoms with E-state index in [-0.39, 0.29) is 46.8 Å². The summed E-state index contributed by atoms with van der Waals surface area (Å²) in [5.74, 6) is -2.85. The average Bonchev–Trinajstić information content (AvgIpc) is 2.72. The fraction of sp³-hybridized carbons (Fsp3) is 0.381. The number of nitro groups is 1. The lowest BCUT2D eigenvalue weighted by Gasteiger charge is -2.31. The SMILES string of the molecule is CC1=C(C(=O)OCCC#N)C(c2cccc([N+](=O)[O-])c2)C(C(=O)OC(C)C)=C(CF)N1. The number of halogens is 1. The first-order valence-electron chi connectivity index (χ1n) is 9.47. The highest BCUT2D eigenvalue weighted by molar-refractivity contribution is 6.00. The maximum Gasteiger partial charge on any atom is 0.337 e. The largest absolute Gasteiger partial charge is 0.461 e. The molecular weight excluding hydrogens is 409 g/mol. The Morgan fingerprint density at radius 2 is 2.03 bits per heavy atom. The molecule has 1 aromatic carbocycles. The Morgan fingerprint density at radius 1 is 1.32 bits per heavy atom. The van der Waals surface area contributed by atoms with Crippen molar-refractivity contribution in [3.05, 3.63) is 62.5 Å². The fourth-order valence-electron chi connectivity index (χ4n) is 3.21. The molecule has 0 saturated heterocycles. The molecule has 1 N–H and O–H groups in total. The minimum Gasteiger partial charge on any atom is -0.461 e. The summed E-state index contributed by atoms with van der Waals surface area (Å²) in [6, 6.07) is 7.23. The zero-order valence-electron chi connectivity index (χ0n) is 17.3. The van der Waals surface area contributed by atoms with Gasteiger partial charge in [-0.3, -0.25) is 10.1 Å². The molecule has 9 nitrogen and oxygen atoms in total. The van der Waals surface area contributed by atoms with E-state index in [1.165, 1.54) is 31.2 Å². The summed E-state index contributed by atoms with van der Waals surface area (Å²) in [5, 5.41) is 22.7. The number of nitro benzene ring substituents is 1. The number of carbonyl (C=O) groups is 2. The van der Waals surface area contributed by atoms with E-state index in [0.717, 1.165) is 0 Å². The summed E-state index contributed by atoms with van der Waals surface area (Å²) in [5.41, 5.74) is -0.102. The Hall–Kier alpha value is -3.74. The standard InChI is InChI=1S/C21H22FN3O6/c1-12(2)31-21(27)19-16(11-22)24-13(3)17(20(26)30-9-5-8-23)18(19)14-6-4-7-15(10-14)25(28)29/h4,6-7,10,12,18,24H,5,9,11H2,1-3H3. The van der Waals surface area contributed by atoms with E-state index in [1.54, 1.807) is 13.8 Å². The van der Waals surface area contributed by atoms with Crippen molar-refractivity contribution >= 4 is 17.6 Å². The summed E-state index contributed by atoms with van der Waals surface area (Å²) >= 11 is 0. The highest BCUT2D eigenvalue weighted by atomic mass is 19.1. The zero-order valence-corrected chi connectivity index (χ0v) is 17.3. The number of carbonyl (C=O) groups excluding carboxylic acids is 2. The van der Waals surface area contributed by atoms with Crippen molar-refractivity contribution in [2.24, 2.45) is 0 Å². The van der Waals surface area contributed by atoms with Crippen LogP contribution in [0.5, 0.6) is 0 Å². The third-order valence-corrected chi connectivity index (χ3v) is 4.42. The van der Waals surface area contributed by atoms with Gasteiger partial charge in [-0.05, 0) is 26.3 Å². The predicted octanol–water partition coefficient (Wildman–Crippen LogP) is 3.19. The Labute approximate surface area is 178 Å². The second kappa shape index (κ2) is 10.3. The Balaban J connectivity index is 2.67. The predicted molar refractivity (Wildman–Crippen MR) is 107 cm³/mol. The number of dihydropyridines is 1. The number of nitrogens with zero attached hydrogens (tertiary/aromatic N) is 2. The molecular formula is C21H22FN3O6. The number of esters is 2. The molecule has 0 aromatic heterocycles. The topological polar surface area (TPSA) is 132 Å². The fourth-order valence-corrected chi connectivity index (χ4v) is 3.21. The van der Waals surface area contributed by atoms with Gasteiger partial charge in [-0.2, -0.15) is 5.26 Å². The second-order valence-corrected chi connectivity index (χ2v) is 6.97. The molecule has 0 fully saturated rings. The van der Waals surface area contributed by atoms with Gasteiger partial charge in [-0.25, -0.2) is 14.0 Å². The molecule has 0 saturated carbocycles. The van der Waals surface area contributed by atoms with Crippen molar-refractivity contribution in [2.45, 2.75) is 39.2 Å². The van der Waals surface area contributed by atoms with Gasteiger partial charge in [0.15, 0.2) is 0 Å². The van der Waals surface area contributed by atoms with Crippen molar-refractivity contribution in [1.82, 2.24) is 5.32 Å². The first-order chi connectivity index (χ1) is 14.7. The number of benzene rings is 1. The minimum absolute atomic E-state index is 0.0219. The number of nitrogens with one attached hydrogen (secondary N) is 1. The van der Waals surface area contributed by atoms with Crippen molar-refractivity contribution in [3.63, 3.8) is 0 Å². The summed E-state index contributed by atoms with van der Waals surface area (Å²) in [7, 11) is 0. The van der Waals surface area contributed by atoms with Crippen LogP contribution in [0.3, 0.4) is 0 Å². The Morgan fingerprint density at radius 3 is 2.61 bits per heavy atom. The van der Waals surface area contributed by atoms with Gasteiger partial charge in [-0.1, -0.05) is 12.1 Å². The molecule has 0 spiro atoms. The number of allylic oxidation sites excluding steroid dienone is 2. The van der Waals surface area contributed by atoms with Gasteiger partial charge in [-0.15, -0.1) is 0 Å². The monoisotopic (exact) mass is 431 g/mol. The smallest absolute Gasteiger partial charge is 0.337 e. The van der Waals surface area contributed by atoms with Crippen molar-refractivity contribution in [1.29, 1.82) is 5.26 Å². The number of nitriles is 1. The van der Waals surface area contributed by atoms with Crippen LogP contribution in [0.25, 0.3) is 0 Å². The molecule has 1 heterocycles. The second-order valence-electron chi connectivity index (χ2n) is 6.97. The molecule has 2 rings (SSSR count). The zero-order chi connectivity index (χ0) is 23.1. The maximum absolute atomic E-state index is 13.9. The normalized spacial score (nSPS) is 15.9. The molecule has 1 unspecified atom stereocenters. The minimum atomic E-state index is -1.16. The lowest BCUT2D eigenvalue weighted by molar-refractivity contribution is -0.384. The van der Waals surface area contributed by atoms with E-state index in [0.29, 0.717) is 0 Å². The highest BCUT2D eigenvalue weighted by Gasteiger charge is 2.39. The van der Waals surface area contributed by atoms with Crippen LogP contribution in [-0.2, 0) is 19.1 Å². The molecule has 1 atom stereocenters. The molecule has 1 aliphatic rings. The van der Waals surface area contributed by atoms with Crippen LogP contribution in [0.4, 0.5) is 10.1 Å². The summed E-state index contributed by atoms with van der Waals surface area (Å²) in [6.07, 6.45) is -0.564. The van der Waals surface area contributed by atoms with E-state index in [9.17, 15) is 24.1 Å². The third kappa shape index (κ3) is 5.45. The summed E-state index contributed by atoms with van der Waals surface area (Å²) < 4.78 is 24.3. The number of hydrogen-bond donors (Lipinski definition) is 1. The van der Waals surface area contributed by atoms with Gasteiger partial charge >= 0.3 is 11.9 Å². The van der Waals surface area contributed by atoms with Crippen molar-refractivity contribution < 1.29 is 28.4 Å². The van der Waals surface area contributed by atoms with E-state index in [4.69, 9.17) is 14.7 Å². The van der Waals surface area contributed by atoms with Gasteiger partial charge in [0.1, 0.15) is 13.3 Å². The van der Waals surface area contributed by atoms with Crippen LogP contribution < -0.4 is 5.32 Å². The number of hydrogen-bond acceptors (Lipinski definition) is 8. The number of ether oxygens (including phenoxy) is 2. The van der Waals surface area contributed by atoms with Crippen LogP contribution >= 0.6 is 0 Å². The van der Waals surface area contributed by atoms with Crippen molar-refractivity contribution in [3.8, 4) is 6.07 Å². The molecule has 0 amide bonds. The van der Waals surface area contributed by atoms with E-state index >= 15 is 0 Å². The van der Waals surface area contributed by atoms with Crippen LogP contribution in [-0.4, -0.2) is 36.2 Å². The van der Waals surface area contributed by atoms with Gasteiger partial charge < -0.3 is 14.8 Å². The van der Waals surface area contributed by atoms with Gasteiger partial charge in [0.05, 0.1) is 46.3 Å². The summed E-state index contributed by atoms with van der Waals surface area (Å²) in [4.78, 5) is 36.4. The van der Waals surface area contributed by atoms with E-state index in [2.05, 4.69) is 5.32 Å². The van der Waals surface area contributed by atoms with E-state index < -0.39 is 35.6 Å². The highest BCUT2D eigenvalue weighted by Crippen LogP contribution is 2.40. The molecule has 1 aromatic rings. The molecule has 0 aliphatic carbocycles. The van der Waals surface area contributed by atoms with Gasteiger partial charge in [0.2, 0.25) is 0 Å². The molecule has 164 valence electrons. The lowest BCUT2D eigenvalue weighted by atomic mass is 9.80. The molecule has 31 heavy (non-hydrogen) atoms. The van der Waals surface area contributed by atoms with Gasteiger partial charge in [0, 0.05) is 17.8 Å². The number of non-ortho nitro benzene ring substituents is 1. The Kier molecular flexibility index (Phi) is 7.85. The average molecular weight is 431 g/mol. The third-order valence-electron chi connectivity index (χ3n) is 4.42.